The SMILES string of the molecule is O=[N+]([O-])c1ccccc1N/N=C\c1c(-c2ccccc2)n(-c2ccccc2)c2ccccc12. The minimum absolute atomic E-state index is 0.0235. The molecule has 4 aromatic carbocycles. The molecule has 0 amide bonds. The minimum Gasteiger partial charge on any atom is -0.309 e. The number of hydrogen-bond acceptors (Lipinski definition) is 4. The average Bonchev–Trinajstić information content (AvgIpc) is 3.19. The number of aromatic nitrogens is 1. The largest absolute Gasteiger partial charge is 0.309 e. The van der Waals surface area contributed by atoms with E-state index in [1.807, 2.05) is 48.5 Å². The van der Waals surface area contributed by atoms with Crippen LogP contribution < -0.4 is 5.43 Å². The van der Waals surface area contributed by atoms with Crippen LogP contribution in [0.3, 0.4) is 0 Å². The van der Waals surface area contributed by atoms with Crippen LogP contribution in [0.1, 0.15) is 5.56 Å². The molecule has 0 bridgehead atoms. The van der Waals surface area contributed by atoms with Crippen molar-refractivity contribution in [3.05, 3.63) is 125 Å². The molecule has 0 unspecified atom stereocenters. The number of nitrogens with one attached hydrogen (secondary N) is 1. The molecular formula is C27H20N4O2. The summed E-state index contributed by atoms with van der Waals surface area (Å²) in [6.45, 7) is 0. The normalized spacial score (nSPS) is 11.2. The monoisotopic (exact) mass is 432 g/mol. The zero-order chi connectivity index (χ0) is 22.6. The topological polar surface area (TPSA) is 72.5 Å². The predicted molar refractivity (Wildman–Crippen MR) is 133 cm³/mol. The van der Waals surface area contributed by atoms with E-state index >= 15 is 0 Å². The second kappa shape index (κ2) is 8.80. The Kier molecular flexibility index (Phi) is 5.39. The quantitative estimate of drug-likeness (QED) is 0.185. The van der Waals surface area contributed by atoms with E-state index in [4.69, 9.17) is 0 Å². The molecule has 160 valence electrons. The molecule has 5 rings (SSSR count). The van der Waals surface area contributed by atoms with Gasteiger partial charge in [-0.1, -0.05) is 78.9 Å². The molecule has 33 heavy (non-hydrogen) atoms. The van der Waals surface area contributed by atoms with Crippen LogP contribution in [0, 0.1) is 10.1 Å². The maximum Gasteiger partial charge on any atom is 0.294 e. The molecule has 6 nitrogen and oxygen atoms in total. The molecule has 0 radical (unpaired) electrons. The van der Waals surface area contributed by atoms with E-state index in [0.717, 1.165) is 33.4 Å². The highest BCUT2D eigenvalue weighted by molar-refractivity contribution is 6.07. The number of nitro groups is 1. The summed E-state index contributed by atoms with van der Waals surface area (Å²) in [5.41, 5.74) is 8.23. The molecule has 1 heterocycles. The number of benzene rings is 4. The van der Waals surface area contributed by atoms with Crippen LogP contribution in [-0.4, -0.2) is 15.7 Å². The lowest BCUT2D eigenvalue weighted by molar-refractivity contribution is -0.384. The number of fused-ring (bicyclic) bond motifs is 1. The Morgan fingerprint density at radius 1 is 0.788 bits per heavy atom. The molecule has 1 N–H and O–H groups in total. The summed E-state index contributed by atoms with van der Waals surface area (Å²) in [5.74, 6) is 0. The highest BCUT2D eigenvalue weighted by Gasteiger charge is 2.18. The molecule has 5 aromatic rings. The Morgan fingerprint density at radius 2 is 1.42 bits per heavy atom. The third-order valence-corrected chi connectivity index (χ3v) is 5.45. The van der Waals surface area contributed by atoms with Gasteiger partial charge in [-0.3, -0.25) is 15.5 Å². The number of nitrogens with zero attached hydrogens (tertiary/aromatic N) is 3. The molecule has 6 heteroatoms. The second-order valence-electron chi connectivity index (χ2n) is 7.46. The van der Waals surface area contributed by atoms with E-state index in [0.29, 0.717) is 5.69 Å². The molecule has 0 saturated carbocycles. The first-order valence-corrected chi connectivity index (χ1v) is 10.5. The maximum atomic E-state index is 11.3. The van der Waals surface area contributed by atoms with Gasteiger partial charge in [0.05, 0.1) is 22.3 Å². The Morgan fingerprint density at radius 3 is 2.18 bits per heavy atom. The van der Waals surface area contributed by atoms with Gasteiger partial charge in [-0.25, -0.2) is 0 Å². The van der Waals surface area contributed by atoms with Gasteiger partial charge in [0.15, 0.2) is 0 Å². The van der Waals surface area contributed by atoms with E-state index in [2.05, 4.69) is 51.5 Å². The van der Waals surface area contributed by atoms with Crippen molar-refractivity contribution in [1.82, 2.24) is 4.57 Å². The second-order valence-corrected chi connectivity index (χ2v) is 7.46. The van der Waals surface area contributed by atoms with Crippen LogP contribution in [0.25, 0.3) is 27.8 Å². The van der Waals surface area contributed by atoms with Crippen LogP contribution in [-0.2, 0) is 0 Å². The summed E-state index contributed by atoms with van der Waals surface area (Å²) in [6, 6.07) is 35.0. The van der Waals surface area contributed by atoms with Gasteiger partial charge >= 0.3 is 0 Å². The molecule has 0 saturated heterocycles. The Balaban J connectivity index is 1.69. The van der Waals surface area contributed by atoms with Gasteiger partial charge in [-0.05, 0) is 29.8 Å². The summed E-state index contributed by atoms with van der Waals surface area (Å²) < 4.78 is 2.22. The lowest BCUT2D eigenvalue weighted by Crippen LogP contribution is -1.99. The highest BCUT2D eigenvalue weighted by atomic mass is 16.6. The number of hydrogen-bond donors (Lipinski definition) is 1. The fourth-order valence-electron chi connectivity index (χ4n) is 4.02. The summed E-state index contributed by atoms with van der Waals surface area (Å²) in [7, 11) is 0. The van der Waals surface area contributed by atoms with Crippen molar-refractivity contribution in [1.29, 1.82) is 0 Å². The van der Waals surface area contributed by atoms with Crippen LogP contribution in [0.15, 0.2) is 114 Å². The number of rotatable bonds is 6. The first-order chi connectivity index (χ1) is 16.2. The van der Waals surface area contributed by atoms with E-state index < -0.39 is 4.92 Å². The van der Waals surface area contributed by atoms with Gasteiger partial charge in [0.1, 0.15) is 5.69 Å². The first kappa shape index (κ1) is 20.2. The molecule has 0 aliphatic carbocycles. The zero-order valence-electron chi connectivity index (χ0n) is 17.6. The van der Waals surface area contributed by atoms with Gasteiger partial charge < -0.3 is 4.57 Å². The van der Waals surface area contributed by atoms with Crippen molar-refractivity contribution >= 4 is 28.5 Å². The van der Waals surface area contributed by atoms with Crippen molar-refractivity contribution < 1.29 is 4.92 Å². The van der Waals surface area contributed by atoms with Crippen LogP contribution in [0.2, 0.25) is 0 Å². The number of nitro benzene ring substituents is 1. The van der Waals surface area contributed by atoms with Crippen molar-refractivity contribution in [2.24, 2.45) is 5.10 Å². The van der Waals surface area contributed by atoms with Gasteiger partial charge in [0.2, 0.25) is 0 Å². The summed E-state index contributed by atoms with van der Waals surface area (Å²) in [6.07, 6.45) is 1.74. The molecule has 1 aromatic heterocycles. The van der Waals surface area contributed by atoms with Crippen LogP contribution in [0.5, 0.6) is 0 Å². The Hall–Kier alpha value is -4.71. The summed E-state index contributed by atoms with van der Waals surface area (Å²) in [4.78, 5) is 10.9. The smallest absolute Gasteiger partial charge is 0.294 e. The van der Waals surface area contributed by atoms with Crippen molar-refractivity contribution in [2.45, 2.75) is 0 Å². The minimum atomic E-state index is -0.422. The number of anilines is 1. The number of para-hydroxylation sites is 4. The van der Waals surface area contributed by atoms with Crippen molar-refractivity contribution in [3.63, 3.8) is 0 Å². The van der Waals surface area contributed by atoms with Crippen LogP contribution in [0.4, 0.5) is 11.4 Å². The molecule has 0 atom stereocenters. The van der Waals surface area contributed by atoms with Gasteiger partial charge in [-0.15, -0.1) is 0 Å². The van der Waals surface area contributed by atoms with E-state index in [9.17, 15) is 10.1 Å². The van der Waals surface area contributed by atoms with E-state index in [1.54, 1.807) is 24.4 Å². The lowest BCUT2D eigenvalue weighted by atomic mass is 10.1. The average molecular weight is 432 g/mol. The molecule has 0 fully saturated rings. The van der Waals surface area contributed by atoms with Gasteiger partial charge in [0, 0.05) is 22.7 Å². The predicted octanol–water partition coefficient (Wildman–Crippen LogP) is 6.65. The van der Waals surface area contributed by atoms with Crippen molar-refractivity contribution in [3.8, 4) is 16.9 Å². The van der Waals surface area contributed by atoms with Crippen LogP contribution >= 0.6 is 0 Å². The van der Waals surface area contributed by atoms with Crippen molar-refractivity contribution in [2.75, 3.05) is 5.43 Å². The molecule has 0 spiro atoms. The summed E-state index contributed by atoms with van der Waals surface area (Å²) >= 11 is 0. The Bertz CT molecular complexity index is 1460. The van der Waals surface area contributed by atoms with E-state index in [-0.39, 0.29) is 5.69 Å². The zero-order valence-corrected chi connectivity index (χ0v) is 17.6. The third kappa shape index (κ3) is 3.85. The number of hydrazone groups is 1. The van der Waals surface area contributed by atoms with Gasteiger partial charge in [-0.2, -0.15) is 5.10 Å². The lowest BCUT2D eigenvalue weighted by Gasteiger charge is -2.12. The molecular weight excluding hydrogens is 412 g/mol. The fourth-order valence-corrected chi connectivity index (χ4v) is 4.02. The Labute approximate surface area is 190 Å². The van der Waals surface area contributed by atoms with E-state index in [1.165, 1.54) is 6.07 Å². The summed E-state index contributed by atoms with van der Waals surface area (Å²) in [5, 5.41) is 16.8. The first-order valence-electron chi connectivity index (χ1n) is 10.5. The fraction of sp³-hybridized carbons (Fsp3) is 0. The molecule has 0 aliphatic rings. The van der Waals surface area contributed by atoms with Gasteiger partial charge in [0.25, 0.3) is 5.69 Å². The molecule has 0 aliphatic heterocycles. The standard InChI is InChI=1S/C27H20N4O2/c32-31(33)26-18-10-8-16-24(26)29-28-19-23-22-15-7-9-17-25(22)30(21-13-5-2-6-14-21)27(23)20-11-3-1-4-12-20/h1-19,29H/b28-19-. The highest BCUT2D eigenvalue weighted by Crippen LogP contribution is 2.35. The maximum absolute atomic E-state index is 11.3. The third-order valence-electron chi connectivity index (χ3n) is 5.45.